The van der Waals surface area contributed by atoms with Crippen LogP contribution >= 0.6 is 0 Å². The van der Waals surface area contributed by atoms with Gasteiger partial charge in [0, 0.05) is 31.3 Å². The summed E-state index contributed by atoms with van der Waals surface area (Å²) in [6.07, 6.45) is 4.14. The number of nitrogens with two attached hydrogens (primary N) is 1. The van der Waals surface area contributed by atoms with Gasteiger partial charge in [-0.15, -0.1) is 0 Å². The van der Waals surface area contributed by atoms with E-state index < -0.39 is 0 Å². The number of aromatic amines is 1. The number of H-pyrrole nitrogens is 1. The van der Waals surface area contributed by atoms with Crippen molar-refractivity contribution >= 4 is 16.9 Å². The van der Waals surface area contributed by atoms with Gasteiger partial charge >= 0.3 is 0 Å². The maximum absolute atomic E-state index is 5.89. The average Bonchev–Trinajstić information content (AvgIpc) is 2.73. The first-order valence-electron chi connectivity index (χ1n) is 6.44. The van der Waals surface area contributed by atoms with Crippen LogP contribution in [0.5, 0.6) is 0 Å². The third kappa shape index (κ3) is 2.18. The van der Waals surface area contributed by atoms with Crippen molar-refractivity contribution in [3.8, 4) is 0 Å². The number of aromatic nitrogens is 1. The maximum atomic E-state index is 5.89. The molecule has 18 heavy (non-hydrogen) atoms. The molecule has 4 heteroatoms. The Labute approximate surface area is 107 Å². The largest absolute Gasteiger partial charge is 0.370 e. The first-order chi connectivity index (χ1) is 8.83. The van der Waals surface area contributed by atoms with E-state index in [1.54, 1.807) is 0 Å². The summed E-state index contributed by atoms with van der Waals surface area (Å²) in [5.41, 5.74) is 8.38. The number of guanidine groups is 1. The molecule has 3 rings (SSSR count). The van der Waals surface area contributed by atoms with Gasteiger partial charge in [0.25, 0.3) is 0 Å². The lowest BCUT2D eigenvalue weighted by atomic mass is 10.1. The van der Waals surface area contributed by atoms with Crippen LogP contribution in [0.15, 0.2) is 35.5 Å². The standard InChI is InChI=1S/C14H18N4/c15-14(18-8-1-9-18)17-6-4-11-2-3-13-12(10-11)5-7-16-13/h2-3,5,7,10,16H,1,4,6,8-9H2,(H2,15,17). The Hall–Kier alpha value is -1.97. The molecule has 0 radical (unpaired) electrons. The molecule has 0 bridgehead atoms. The van der Waals surface area contributed by atoms with Crippen molar-refractivity contribution in [2.45, 2.75) is 12.8 Å². The lowest BCUT2D eigenvalue weighted by Crippen LogP contribution is -2.46. The Balaban J connectivity index is 1.61. The number of hydrogen-bond donors (Lipinski definition) is 2. The van der Waals surface area contributed by atoms with E-state index in [9.17, 15) is 0 Å². The van der Waals surface area contributed by atoms with Gasteiger partial charge < -0.3 is 15.6 Å². The smallest absolute Gasteiger partial charge is 0.191 e. The Morgan fingerprint density at radius 2 is 2.22 bits per heavy atom. The quantitative estimate of drug-likeness (QED) is 0.636. The summed E-state index contributed by atoms with van der Waals surface area (Å²) in [7, 11) is 0. The third-order valence-electron chi connectivity index (χ3n) is 3.47. The summed E-state index contributed by atoms with van der Waals surface area (Å²) in [6.45, 7) is 2.88. The fourth-order valence-electron chi connectivity index (χ4n) is 2.20. The zero-order chi connectivity index (χ0) is 12.4. The lowest BCUT2D eigenvalue weighted by Gasteiger charge is -2.31. The van der Waals surface area contributed by atoms with Crippen LogP contribution in [0.25, 0.3) is 10.9 Å². The molecule has 0 saturated carbocycles. The first-order valence-corrected chi connectivity index (χ1v) is 6.44. The SMILES string of the molecule is NC(=NCCc1ccc2[nH]ccc2c1)N1CCC1. The highest BCUT2D eigenvalue weighted by molar-refractivity contribution is 5.80. The van der Waals surface area contributed by atoms with Gasteiger partial charge in [-0.1, -0.05) is 6.07 Å². The van der Waals surface area contributed by atoms with E-state index in [1.807, 2.05) is 6.20 Å². The average molecular weight is 242 g/mol. The van der Waals surface area contributed by atoms with Crippen molar-refractivity contribution in [2.75, 3.05) is 19.6 Å². The minimum atomic E-state index is 0.698. The predicted octanol–water partition coefficient (Wildman–Crippen LogP) is 1.73. The molecule has 1 aromatic heterocycles. The number of hydrogen-bond acceptors (Lipinski definition) is 1. The Bertz CT molecular complexity index is 566. The first kappa shape index (κ1) is 11.1. The summed E-state index contributed by atoms with van der Waals surface area (Å²) >= 11 is 0. The van der Waals surface area contributed by atoms with Crippen LogP contribution in [0.4, 0.5) is 0 Å². The predicted molar refractivity (Wildman–Crippen MR) is 74.7 cm³/mol. The highest BCUT2D eigenvalue weighted by Crippen LogP contribution is 2.14. The molecule has 0 aliphatic carbocycles. The van der Waals surface area contributed by atoms with Crippen LogP contribution in [-0.2, 0) is 6.42 Å². The molecule has 1 fully saturated rings. The van der Waals surface area contributed by atoms with E-state index in [4.69, 9.17) is 5.73 Å². The molecule has 0 atom stereocenters. The number of fused-ring (bicyclic) bond motifs is 1. The van der Waals surface area contributed by atoms with Gasteiger partial charge in [-0.2, -0.15) is 0 Å². The Morgan fingerprint density at radius 1 is 1.33 bits per heavy atom. The molecule has 94 valence electrons. The highest BCUT2D eigenvalue weighted by atomic mass is 15.3. The number of rotatable bonds is 3. The van der Waals surface area contributed by atoms with Crippen molar-refractivity contribution in [1.29, 1.82) is 0 Å². The lowest BCUT2D eigenvalue weighted by molar-refractivity contribution is 0.296. The van der Waals surface area contributed by atoms with E-state index in [0.717, 1.165) is 26.1 Å². The summed E-state index contributed by atoms with van der Waals surface area (Å²) in [5, 5.41) is 1.26. The summed E-state index contributed by atoms with van der Waals surface area (Å²) in [4.78, 5) is 9.74. The maximum Gasteiger partial charge on any atom is 0.191 e. The molecular formula is C14H18N4. The zero-order valence-corrected chi connectivity index (χ0v) is 10.4. The second-order valence-electron chi connectivity index (χ2n) is 4.73. The number of nitrogens with zero attached hydrogens (tertiary/aromatic N) is 2. The highest BCUT2D eigenvalue weighted by Gasteiger charge is 2.14. The van der Waals surface area contributed by atoms with Crippen molar-refractivity contribution < 1.29 is 0 Å². The Kier molecular flexibility index (Phi) is 2.92. The van der Waals surface area contributed by atoms with Crippen molar-refractivity contribution in [3.05, 3.63) is 36.0 Å². The van der Waals surface area contributed by atoms with E-state index in [1.165, 1.54) is 22.9 Å². The van der Waals surface area contributed by atoms with Gasteiger partial charge in [-0.05, 0) is 42.0 Å². The van der Waals surface area contributed by atoms with E-state index in [2.05, 4.69) is 39.1 Å². The van der Waals surface area contributed by atoms with Crippen molar-refractivity contribution in [1.82, 2.24) is 9.88 Å². The zero-order valence-electron chi connectivity index (χ0n) is 10.4. The minimum Gasteiger partial charge on any atom is -0.370 e. The van der Waals surface area contributed by atoms with Crippen molar-refractivity contribution in [3.63, 3.8) is 0 Å². The monoisotopic (exact) mass is 242 g/mol. The fourth-order valence-corrected chi connectivity index (χ4v) is 2.20. The summed E-state index contributed by atoms with van der Waals surface area (Å²) < 4.78 is 0. The van der Waals surface area contributed by atoms with Gasteiger partial charge in [0.1, 0.15) is 0 Å². The normalized spacial score (nSPS) is 16.0. The van der Waals surface area contributed by atoms with Crippen LogP contribution in [0.2, 0.25) is 0 Å². The number of nitrogens with one attached hydrogen (secondary N) is 1. The van der Waals surface area contributed by atoms with Crippen molar-refractivity contribution in [2.24, 2.45) is 10.7 Å². The molecule has 4 nitrogen and oxygen atoms in total. The van der Waals surface area contributed by atoms with Crippen LogP contribution in [0.3, 0.4) is 0 Å². The van der Waals surface area contributed by atoms with Crippen LogP contribution in [-0.4, -0.2) is 35.5 Å². The topological polar surface area (TPSA) is 57.4 Å². The van der Waals surface area contributed by atoms with Gasteiger partial charge in [-0.3, -0.25) is 4.99 Å². The molecule has 1 aliphatic rings. The molecule has 3 N–H and O–H groups in total. The molecular weight excluding hydrogens is 224 g/mol. The van der Waals surface area contributed by atoms with Crippen LogP contribution < -0.4 is 5.73 Å². The molecule has 1 aliphatic heterocycles. The van der Waals surface area contributed by atoms with Crippen LogP contribution in [0, 0.1) is 0 Å². The molecule has 1 saturated heterocycles. The second-order valence-corrected chi connectivity index (χ2v) is 4.73. The second kappa shape index (κ2) is 4.72. The number of aliphatic imine (C=N–C) groups is 1. The molecule has 0 unspecified atom stereocenters. The van der Waals surface area contributed by atoms with E-state index in [0.29, 0.717) is 5.96 Å². The van der Waals surface area contributed by atoms with Gasteiger partial charge in [-0.25, -0.2) is 0 Å². The summed E-state index contributed by atoms with van der Waals surface area (Å²) in [5.74, 6) is 0.698. The van der Waals surface area contributed by atoms with Gasteiger partial charge in [0.15, 0.2) is 5.96 Å². The summed E-state index contributed by atoms with van der Waals surface area (Å²) in [6, 6.07) is 8.57. The number of benzene rings is 1. The molecule has 1 aromatic carbocycles. The molecule has 0 spiro atoms. The number of likely N-dealkylation sites (tertiary alicyclic amines) is 1. The van der Waals surface area contributed by atoms with Gasteiger partial charge in [0.2, 0.25) is 0 Å². The third-order valence-corrected chi connectivity index (χ3v) is 3.47. The molecule has 2 heterocycles. The fraction of sp³-hybridized carbons (Fsp3) is 0.357. The van der Waals surface area contributed by atoms with E-state index in [-0.39, 0.29) is 0 Å². The van der Waals surface area contributed by atoms with E-state index >= 15 is 0 Å². The van der Waals surface area contributed by atoms with Crippen LogP contribution in [0.1, 0.15) is 12.0 Å². The minimum absolute atomic E-state index is 0.698. The molecule has 2 aromatic rings. The molecule has 0 amide bonds. The van der Waals surface area contributed by atoms with Gasteiger partial charge in [0.05, 0.1) is 0 Å². The Morgan fingerprint density at radius 3 is 3.00 bits per heavy atom.